The fourth-order valence-corrected chi connectivity index (χ4v) is 4.06. The van der Waals surface area contributed by atoms with Gasteiger partial charge < -0.3 is 10.6 Å². The molecule has 1 aliphatic rings. The van der Waals surface area contributed by atoms with Crippen LogP contribution in [0.5, 0.6) is 0 Å². The Kier molecular flexibility index (Phi) is 4.50. The first-order valence-electron chi connectivity index (χ1n) is 6.14. The van der Waals surface area contributed by atoms with Crippen molar-refractivity contribution in [2.45, 2.75) is 23.8 Å². The molecule has 1 aliphatic heterocycles. The minimum Gasteiger partial charge on any atom is -0.398 e. The van der Waals surface area contributed by atoms with Gasteiger partial charge in [0.15, 0.2) is 0 Å². The molecule has 1 aromatic carbocycles. The van der Waals surface area contributed by atoms with E-state index >= 15 is 0 Å². The summed E-state index contributed by atoms with van der Waals surface area (Å²) in [5, 5.41) is 0. The van der Waals surface area contributed by atoms with Crippen LogP contribution in [0.25, 0.3) is 0 Å². The van der Waals surface area contributed by atoms with Gasteiger partial charge in [0.05, 0.1) is 5.69 Å². The number of hydrogen-bond donors (Lipinski definition) is 2. The number of halogens is 1. The second-order valence-corrected chi connectivity index (χ2v) is 7.50. The van der Waals surface area contributed by atoms with Crippen molar-refractivity contribution in [1.29, 1.82) is 0 Å². The molecule has 1 saturated heterocycles. The van der Waals surface area contributed by atoms with E-state index in [1.165, 1.54) is 6.07 Å². The summed E-state index contributed by atoms with van der Waals surface area (Å²) >= 11 is 3.27. The molecule has 3 N–H and O–H groups in total. The number of likely N-dealkylation sites (N-methyl/N-ethyl adjacent to an activating group) is 1. The molecule has 19 heavy (non-hydrogen) atoms. The van der Waals surface area contributed by atoms with Gasteiger partial charge in [0.1, 0.15) is 4.90 Å². The first-order valence-corrected chi connectivity index (χ1v) is 8.42. The zero-order valence-electron chi connectivity index (χ0n) is 10.8. The average molecular weight is 348 g/mol. The highest BCUT2D eigenvalue weighted by atomic mass is 79.9. The van der Waals surface area contributed by atoms with E-state index in [9.17, 15) is 8.42 Å². The van der Waals surface area contributed by atoms with Gasteiger partial charge >= 0.3 is 0 Å². The third-order valence-corrected chi connectivity index (χ3v) is 5.30. The minimum absolute atomic E-state index is 0.0493. The Labute approximate surface area is 122 Å². The van der Waals surface area contributed by atoms with E-state index in [4.69, 9.17) is 5.73 Å². The van der Waals surface area contributed by atoms with Gasteiger partial charge in [-0.2, -0.15) is 0 Å². The first-order chi connectivity index (χ1) is 8.88. The van der Waals surface area contributed by atoms with Gasteiger partial charge in [0, 0.05) is 17.1 Å². The lowest BCUT2D eigenvalue weighted by Gasteiger charge is -2.30. The van der Waals surface area contributed by atoms with Crippen molar-refractivity contribution in [3.8, 4) is 0 Å². The Morgan fingerprint density at radius 3 is 2.84 bits per heavy atom. The van der Waals surface area contributed by atoms with E-state index in [-0.39, 0.29) is 16.6 Å². The van der Waals surface area contributed by atoms with Gasteiger partial charge in [-0.1, -0.05) is 15.9 Å². The van der Waals surface area contributed by atoms with E-state index in [0.717, 1.165) is 30.4 Å². The van der Waals surface area contributed by atoms with Crippen molar-refractivity contribution in [1.82, 2.24) is 9.62 Å². The van der Waals surface area contributed by atoms with E-state index in [2.05, 4.69) is 25.6 Å². The van der Waals surface area contributed by atoms with Crippen LogP contribution in [0, 0.1) is 0 Å². The van der Waals surface area contributed by atoms with E-state index < -0.39 is 10.0 Å². The predicted molar refractivity (Wildman–Crippen MR) is 79.4 cm³/mol. The summed E-state index contributed by atoms with van der Waals surface area (Å²) < 4.78 is 28.1. The quantitative estimate of drug-likeness (QED) is 0.810. The number of rotatable bonds is 3. The Morgan fingerprint density at radius 2 is 2.21 bits per heavy atom. The van der Waals surface area contributed by atoms with Crippen LogP contribution in [0.1, 0.15) is 12.8 Å². The first kappa shape index (κ1) is 14.8. The molecule has 0 radical (unpaired) electrons. The summed E-state index contributed by atoms with van der Waals surface area (Å²) in [7, 11) is -1.56. The smallest absolute Gasteiger partial charge is 0.242 e. The lowest BCUT2D eigenvalue weighted by atomic mass is 10.1. The molecule has 1 atom stereocenters. The number of likely N-dealkylation sites (tertiary alicyclic amines) is 1. The molecular formula is C12H18BrN3O2S. The highest BCUT2D eigenvalue weighted by Gasteiger charge is 2.25. The third kappa shape index (κ3) is 3.68. The second kappa shape index (κ2) is 5.78. The number of benzene rings is 1. The number of sulfonamides is 1. The number of piperidine rings is 1. The zero-order valence-corrected chi connectivity index (χ0v) is 13.2. The fourth-order valence-electron chi connectivity index (χ4n) is 2.31. The molecule has 0 amide bonds. The molecule has 106 valence electrons. The molecule has 0 aliphatic carbocycles. The van der Waals surface area contributed by atoms with Gasteiger partial charge in [0.2, 0.25) is 10.0 Å². The summed E-state index contributed by atoms with van der Waals surface area (Å²) in [6, 6.07) is 4.75. The molecule has 5 nitrogen and oxygen atoms in total. The fraction of sp³-hybridized carbons (Fsp3) is 0.500. The highest BCUT2D eigenvalue weighted by molar-refractivity contribution is 9.10. The van der Waals surface area contributed by atoms with Crippen LogP contribution in [-0.2, 0) is 10.0 Å². The zero-order chi connectivity index (χ0) is 14.0. The van der Waals surface area contributed by atoms with Crippen LogP contribution in [0.4, 0.5) is 5.69 Å². The average Bonchev–Trinajstić information content (AvgIpc) is 2.27. The van der Waals surface area contributed by atoms with Crippen LogP contribution in [0.3, 0.4) is 0 Å². The standard InChI is InChI=1S/C12H18BrN3O2S/c1-16-6-2-3-10(8-16)15-19(17,18)12-5-4-9(13)7-11(12)14/h4-5,7,10,15H,2-3,6,8,14H2,1H3. The van der Waals surface area contributed by atoms with E-state index in [0.29, 0.717) is 0 Å². The minimum atomic E-state index is -3.55. The van der Waals surface area contributed by atoms with Crippen LogP contribution in [-0.4, -0.2) is 39.5 Å². The summed E-state index contributed by atoms with van der Waals surface area (Å²) in [4.78, 5) is 2.27. The SMILES string of the molecule is CN1CCCC(NS(=O)(=O)c2ccc(Br)cc2N)C1. The largest absolute Gasteiger partial charge is 0.398 e. The van der Waals surface area contributed by atoms with Crippen molar-refractivity contribution in [3.05, 3.63) is 22.7 Å². The monoisotopic (exact) mass is 347 g/mol. The molecule has 7 heteroatoms. The molecule has 1 fully saturated rings. The Bertz CT molecular complexity index is 562. The molecule has 0 saturated carbocycles. The van der Waals surface area contributed by atoms with Gasteiger partial charge in [0.25, 0.3) is 0 Å². The lowest BCUT2D eigenvalue weighted by molar-refractivity contribution is 0.242. The molecule has 2 rings (SSSR count). The van der Waals surface area contributed by atoms with Crippen molar-refractivity contribution in [2.24, 2.45) is 0 Å². The van der Waals surface area contributed by atoms with Gasteiger partial charge in [-0.15, -0.1) is 0 Å². The number of nitrogens with one attached hydrogen (secondary N) is 1. The van der Waals surface area contributed by atoms with Crippen LogP contribution < -0.4 is 10.5 Å². The maximum Gasteiger partial charge on any atom is 0.242 e. The molecule has 1 heterocycles. The Balaban J connectivity index is 2.18. The number of nitrogen functional groups attached to an aromatic ring is 1. The van der Waals surface area contributed by atoms with E-state index in [1.807, 2.05) is 7.05 Å². The number of nitrogens with two attached hydrogens (primary N) is 1. The van der Waals surface area contributed by atoms with Crippen LogP contribution in [0.15, 0.2) is 27.6 Å². The van der Waals surface area contributed by atoms with Crippen LogP contribution in [0.2, 0.25) is 0 Å². The summed E-state index contributed by atoms with van der Waals surface area (Å²) in [6.07, 6.45) is 1.86. The summed E-state index contributed by atoms with van der Waals surface area (Å²) in [6.45, 7) is 1.74. The van der Waals surface area contributed by atoms with Crippen molar-refractivity contribution in [2.75, 3.05) is 25.9 Å². The number of hydrogen-bond acceptors (Lipinski definition) is 4. The molecule has 0 spiro atoms. The van der Waals surface area contributed by atoms with E-state index in [1.54, 1.807) is 12.1 Å². The van der Waals surface area contributed by atoms with Crippen LogP contribution >= 0.6 is 15.9 Å². The Hall–Kier alpha value is -0.630. The lowest BCUT2D eigenvalue weighted by Crippen LogP contribution is -2.46. The molecule has 0 aromatic heterocycles. The number of anilines is 1. The van der Waals surface area contributed by atoms with Gasteiger partial charge in [-0.3, -0.25) is 0 Å². The number of nitrogens with zero attached hydrogens (tertiary/aromatic N) is 1. The molecule has 1 aromatic rings. The maximum atomic E-state index is 12.3. The van der Waals surface area contributed by atoms with Gasteiger partial charge in [-0.25, -0.2) is 13.1 Å². The summed E-state index contributed by atoms with van der Waals surface area (Å²) in [5.41, 5.74) is 6.04. The highest BCUT2D eigenvalue weighted by Crippen LogP contribution is 2.23. The molecular weight excluding hydrogens is 330 g/mol. The molecule has 1 unspecified atom stereocenters. The normalized spacial score (nSPS) is 21.5. The van der Waals surface area contributed by atoms with Crippen molar-refractivity contribution >= 4 is 31.6 Å². The topological polar surface area (TPSA) is 75.4 Å². The second-order valence-electron chi connectivity index (χ2n) is 4.90. The maximum absolute atomic E-state index is 12.3. The van der Waals surface area contributed by atoms with Gasteiger partial charge in [-0.05, 0) is 44.6 Å². The third-order valence-electron chi connectivity index (χ3n) is 3.21. The molecule has 0 bridgehead atoms. The predicted octanol–water partition coefficient (Wildman–Crippen LogP) is 1.40. The van der Waals surface area contributed by atoms with Crippen molar-refractivity contribution in [3.63, 3.8) is 0 Å². The summed E-state index contributed by atoms with van der Waals surface area (Å²) in [5.74, 6) is 0. The Morgan fingerprint density at radius 1 is 1.47 bits per heavy atom. The van der Waals surface area contributed by atoms with Crippen molar-refractivity contribution < 1.29 is 8.42 Å².